The smallest absolute Gasteiger partial charge is 0.331 e. The zero-order valence-electron chi connectivity index (χ0n) is 17.7. The highest BCUT2D eigenvalue weighted by atomic mass is 16.7. The van der Waals surface area contributed by atoms with Gasteiger partial charge < -0.3 is 34.5 Å². The molecule has 1 aliphatic heterocycles. The molecule has 5 atom stereocenters. The van der Waals surface area contributed by atoms with Crippen molar-refractivity contribution in [2.45, 2.75) is 44.6 Å². The fourth-order valence-corrected chi connectivity index (χ4v) is 2.99. The summed E-state index contributed by atoms with van der Waals surface area (Å²) >= 11 is 0. The second-order valence-corrected chi connectivity index (χ2v) is 6.73. The Labute approximate surface area is 183 Å². The van der Waals surface area contributed by atoms with Gasteiger partial charge in [-0.3, -0.25) is 9.59 Å². The molecule has 0 amide bonds. The summed E-state index contributed by atoms with van der Waals surface area (Å²) in [5, 5.41) is 9.65. The van der Waals surface area contributed by atoms with Crippen LogP contribution in [0.3, 0.4) is 0 Å². The first-order chi connectivity index (χ1) is 15.1. The Morgan fingerprint density at radius 2 is 1.78 bits per heavy atom. The number of hydrogen-bond donors (Lipinski definition) is 2. The summed E-state index contributed by atoms with van der Waals surface area (Å²) in [5.74, 6) is -2.94. The van der Waals surface area contributed by atoms with E-state index in [-0.39, 0.29) is 6.61 Å². The Bertz CT molecular complexity index is 885. The van der Waals surface area contributed by atoms with Gasteiger partial charge in [-0.1, -0.05) is 0 Å². The third kappa shape index (κ3) is 6.83. The second-order valence-electron chi connectivity index (χ2n) is 6.73. The molecule has 0 spiro atoms. The fourth-order valence-electron chi connectivity index (χ4n) is 2.99. The highest BCUT2D eigenvalue weighted by Crippen LogP contribution is 2.31. The minimum atomic E-state index is -1.27. The molecule has 2 heterocycles. The number of aromatic nitrogens is 1. The summed E-state index contributed by atoms with van der Waals surface area (Å²) in [6, 6.07) is 3.17. The molecule has 2 rings (SSSR count). The summed E-state index contributed by atoms with van der Waals surface area (Å²) in [5.41, 5.74) is 5.86. The van der Waals surface area contributed by atoms with Gasteiger partial charge in [-0.05, 0) is 6.07 Å². The van der Waals surface area contributed by atoms with Crippen molar-refractivity contribution >= 4 is 23.9 Å². The van der Waals surface area contributed by atoms with E-state index in [0.717, 1.165) is 19.3 Å². The van der Waals surface area contributed by atoms with Crippen LogP contribution in [-0.4, -0.2) is 61.0 Å². The Morgan fingerprint density at radius 3 is 2.38 bits per heavy atom. The highest BCUT2D eigenvalue weighted by molar-refractivity contribution is 5.91. The molecule has 3 N–H and O–H groups in total. The number of ether oxygens (including phenoxy) is 5. The van der Waals surface area contributed by atoms with Crippen LogP contribution in [0.15, 0.2) is 36.7 Å². The van der Waals surface area contributed by atoms with Crippen LogP contribution in [0.5, 0.6) is 0 Å². The van der Waals surface area contributed by atoms with E-state index >= 15 is 0 Å². The van der Waals surface area contributed by atoms with Crippen molar-refractivity contribution in [2.75, 3.05) is 13.7 Å². The number of methoxy groups -OCH3 is 1. The van der Waals surface area contributed by atoms with E-state index < -0.39 is 54.6 Å². The maximum atomic E-state index is 11.9. The number of hydrogen-bond acceptors (Lipinski definition) is 11. The molecule has 0 bridgehead atoms. The molecule has 0 radical (unpaired) electrons. The normalized spacial score (nSPS) is 23.4. The van der Waals surface area contributed by atoms with Crippen molar-refractivity contribution in [3.8, 4) is 0 Å². The molecule has 0 aromatic carbocycles. The monoisotopic (exact) mass is 453 g/mol. The molecule has 1 fully saturated rings. The molecule has 1 aliphatic rings. The molecule has 32 heavy (non-hydrogen) atoms. The van der Waals surface area contributed by atoms with Gasteiger partial charge >= 0.3 is 30.1 Å². The first-order valence-electron chi connectivity index (χ1n) is 9.49. The van der Waals surface area contributed by atoms with Gasteiger partial charge in [-0.2, -0.15) is 4.57 Å². The number of carbonyl (C=O) groups is 4. The molecule has 0 saturated carbocycles. The predicted molar refractivity (Wildman–Crippen MR) is 103 cm³/mol. The van der Waals surface area contributed by atoms with Crippen molar-refractivity contribution in [2.24, 2.45) is 5.73 Å². The minimum absolute atomic E-state index is 0.351. The number of nitrogens with zero attached hydrogens (tertiary/aromatic N) is 1. The zero-order valence-corrected chi connectivity index (χ0v) is 17.7. The standard InChI is InChI=1S/C20H25N2O10/c1-11(23)30-17-14(10-29-16(26)7-6-15(25)28-3)32-20(18(17)31-12(2)24)22-8-4-5-13(9-22)19(21)27/h4-9,14,17-20,27H,10,21H2,1-3H3/q+1/b7-6+/t14-,17-,18-,19?,20-/m1/s1. The Balaban J connectivity index is 2.28. The van der Waals surface area contributed by atoms with Gasteiger partial charge in [0.15, 0.2) is 18.5 Å². The summed E-state index contributed by atoms with van der Waals surface area (Å²) in [7, 11) is 1.15. The number of carbonyl (C=O) groups excluding carboxylic acids is 4. The lowest BCUT2D eigenvalue weighted by atomic mass is 10.1. The van der Waals surface area contributed by atoms with Crippen molar-refractivity contribution in [3.63, 3.8) is 0 Å². The van der Waals surface area contributed by atoms with Crippen molar-refractivity contribution < 1.29 is 52.5 Å². The van der Waals surface area contributed by atoms with Gasteiger partial charge in [0.05, 0.1) is 12.7 Å². The SMILES string of the molecule is COC(=O)/C=C/C(=O)OC[C@H]1O[C@@H]([n+]2cccc(C(N)O)c2)[C@H](OC(C)=O)[C@@H]1OC(C)=O. The molecular formula is C20H25N2O10+. The van der Waals surface area contributed by atoms with Gasteiger partial charge in [0.2, 0.25) is 6.10 Å². The Hall–Kier alpha value is -3.35. The topological polar surface area (TPSA) is 165 Å². The van der Waals surface area contributed by atoms with E-state index in [1.165, 1.54) is 24.6 Å². The van der Waals surface area contributed by atoms with Gasteiger partial charge in [0.25, 0.3) is 0 Å². The minimum Gasteiger partial charge on any atom is -0.466 e. The number of aliphatic hydroxyl groups is 1. The van der Waals surface area contributed by atoms with Crippen molar-refractivity contribution in [1.82, 2.24) is 0 Å². The van der Waals surface area contributed by atoms with E-state index in [9.17, 15) is 24.3 Å². The summed E-state index contributed by atoms with van der Waals surface area (Å²) in [6.07, 6.45) is -0.680. The van der Waals surface area contributed by atoms with Crippen LogP contribution in [0.25, 0.3) is 0 Å². The quantitative estimate of drug-likeness (QED) is 0.162. The number of aliphatic hydroxyl groups excluding tert-OH is 1. The third-order valence-corrected chi connectivity index (χ3v) is 4.32. The average molecular weight is 453 g/mol. The summed E-state index contributed by atoms with van der Waals surface area (Å²) in [6.45, 7) is 1.97. The van der Waals surface area contributed by atoms with Crippen LogP contribution < -0.4 is 10.3 Å². The van der Waals surface area contributed by atoms with Gasteiger partial charge in [-0.15, -0.1) is 0 Å². The average Bonchev–Trinajstić information content (AvgIpc) is 3.06. The van der Waals surface area contributed by atoms with Crippen LogP contribution in [0.2, 0.25) is 0 Å². The second kappa shape index (κ2) is 11.3. The first kappa shape index (κ1) is 24.9. The number of rotatable bonds is 8. The molecule has 12 nitrogen and oxygen atoms in total. The maximum absolute atomic E-state index is 11.9. The fraction of sp³-hybridized carbons (Fsp3) is 0.450. The highest BCUT2D eigenvalue weighted by Gasteiger charge is 2.54. The molecule has 174 valence electrons. The van der Waals surface area contributed by atoms with E-state index in [4.69, 9.17) is 24.7 Å². The van der Waals surface area contributed by atoms with E-state index in [0.29, 0.717) is 5.56 Å². The van der Waals surface area contributed by atoms with Crippen LogP contribution >= 0.6 is 0 Å². The van der Waals surface area contributed by atoms with E-state index in [1.54, 1.807) is 18.3 Å². The molecule has 1 unspecified atom stereocenters. The lowest BCUT2D eigenvalue weighted by Gasteiger charge is -2.21. The zero-order chi connectivity index (χ0) is 23.8. The van der Waals surface area contributed by atoms with Gasteiger partial charge in [0.1, 0.15) is 18.9 Å². The van der Waals surface area contributed by atoms with Crippen LogP contribution in [0.1, 0.15) is 31.9 Å². The maximum Gasteiger partial charge on any atom is 0.331 e. The van der Waals surface area contributed by atoms with E-state index in [1.807, 2.05) is 0 Å². The van der Waals surface area contributed by atoms with Gasteiger partial charge in [0, 0.05) is 32.1 Å². The van der Waals surface area contributed by atoms with Crippen molar-refractivity contribution in [3.05, 3.63) is 42.2 Å². The largest absolute Gasteiger partial charge is 0.466 e. The molecular weight excluding hydrogens is 428 g/mol. The van der Waals surface area contributed by atoms with Gasteiger partial charge in [-0.25, -0.2) is 9.59 Å². The molecule has 0 aliphatic carbocycles. The van der Waals surface area contributed by atoms with Crippen LogP contribution in [0, 0.1) is 0 Å². The predicted octanol–water partition coefficient (Wildman–Crippen LogP) is -1.04. The molecule has 1 saturated heterocycles. The number of nitrogens with two attached hydrogens (primary N) is 1. The summed E-state index contributed by atoms with van der Waals surface area (Å²) in [4.78, 5) is 46.3. The van der Waals surface area contributed by atoms with E-state index in [2.05, 4.69) is 4.74 Å². The number of pyridine rings is 1. The molecule has 1 aromatic heterocycles. The van der Waals surface area contributed by atoms with Crippen LogP contribution in [-0.2, 0) is 42.9 Å². The number of esters is 4. The third-order valence-electron chi connectivity index (χ3n) is 4.32. The Morgan fingerprint density at radius 1 is 1.16 bits per heavy atom. The Kier molecular flexibility index (Phi) is 8.81. The first-order valence-corrected chi connectivity index (χ1v) is 9.49. The lowest BCUT2D eigenvalue weighted by Crippen LogP contribution is -2.48. The van der Waals surface area contributed by atoms with Crippen molar-refractivity contribution in [1.29, 1.82) is 0 Å². The molecule has 12 heteroatoms. The van der Waals surface area contributed by atoms with Crippen LogP contribution in [0.4, 0.5) is 0 Å². The molecule has 1 aromatic rings. The summed E-state index contributed by atoms with van der Waals surface area (Å²) < 4.78 is 27.5. The lowest BCUT2D eigenvalue weighted by molar-refractivity contribution is -0.765.